The molecule has 4 rings (SSSR count). The molecule has 0 spiro atoms. The molecule has 2 N–H and O–H groups in total. The number of methoxy groups -OCH3 is 1. The molecule has 4 aromatic rings. The van der Waals surface area contributed by atoms with Gasteiger partial charge in [-0.15, -0.1) is 11.3 Å². The van der Waals surface area contributed by atoms with E-state index in [1.807, 2.05) is 31.4 Å². The molecule has 0 saturated heterocycles. The van der Waals surface area contributed by atoms with Crippen LogP contribution in [0.25, 0.3) is 21.5 Å². The van der Waals surface area contributed by atoms with Gasteiger partial charge in [-0.3, -0.25) is 0 Å². The molecule has 0 bridgehead atoms. The number of anilines is 1. The van der Waals surface area contributed by atoms with E-state index in [0.29, 0.717) is 46.5 Å². The molecule has 0 fully saturated rings. The van der Waals surface area contributed by atoms with Crippen molar-refractivity contribution in [3.05, 3.63) is 53.0 Å². The third-order valence-electron chi connectivity index (χ3n) is 5.21. The molecule has 0 amide bonds. The predicted molar refractivity (Wildman–Crippen MR) is 130 cm³/mol. The van der Waals surface area contributed by atoms with E-state index in [2.05, 4.69) is 15.3 Å². The van der Waals surface area contributed by atoms with Crippen LogP contribution in [0.4, 0.5) is 10.2 Å². The zero-order valence-corrected chi connectivity index (χ0v) is 20.1. The van der Waals surface area contributed by atoms with Crippen molar-refractivity contribution in [1.82, 2.24) is 14.5 Å². The van der Waals surface area contributed by atoms with Crippen LogP contribution in [0.1, 0.15) is 29.2 Å². The molecule has 3 aromatic heterocycles. The fourth-order valence-electron chi connectivity index (χ4n) is 3.78. The largest absolute Gasteiger partial charge is 0.496 e. The number of aromatic nitrogens is 3. The Hall–Kier alpha value is -3.66. The fourth-order valence-corrected chi connectivity index (χ4v) is 4.68. The number of halogens is 1. The zero-order valence-electron chi connectivity index (χ0n) is 19.3. The number of ether oxygens (including phenoxy) is 2. The summed E-state index contributed by atoms with van der Waals surface area (Å²) in [6.07, 6.45) is 1.27. The van der Waals surface area contributed by atoms with Crippen molar-refractivity contribution in [1.29, 1.82) is 0 Å². The van der Waals surface area contributed by atoms with Gasteiger partial charge in [0.25, 0.3) is 0 Å². The number of aryl methyl sites for hydroxylation is 1. The van der Waals surface area contributed by atoms with Gasteiger partial charge in [0, 0.05) is 36.3 Å². The van der Waals surface area contributed by atoms with Gasteiger partial charge < -0.3 is 24.5 Å². The first-order valence-corrected chi connectivity index (χ1v) is 11.5. The first kappa shape index (κ1) is 23.5. The Morgan fingerprint density at radius 2 is 2.03 bits per heavy atom. The molecule has 0 aliphatic carbocycles. The number of carboxylic acid groups (broad SMARTS) is 1. The van der Waals surface area contributed by atoms with Crippen molar-refractivity contribution < 1.29 is 23.8 Å². The highest BCUT2D eigenvalue weighted by atomic mass is 32.1. The molecule has 34 heavy (non-hydrogen) atoms. The number of nitrogens with one attached hydrogen (secondary N) is 1. The summed E-state index contributed by atoms with van der Waals surface area (Å²) >= 11 is 1.10. The molecular weight excluding hydrogens is 459 g/mol. The summed E-state index contributed by atoms with van der Waals surface area (Å²) in [7, 11) is 1.57. The highest BCUT2D eigenvalue weighted by molar-refractivity contribution is 7.17. The van der Waals surface area contributed by atoms with E-state index in [1.165, 1.54) is 12.4 Å². The second-order valence-corrected chi connectivity index (χ2v) is 8.99. The molecule has 0 unspecified atom stereocenters. The first-order chi connectivity index (χ1) is 16.3. The zero-order chi connectivity index (χ0) is 24.4. The van der Waals surface area contributed by atoms with E-state index in [-0.39, 0.29) is 16.8 Å². The number of nitrogens with zero attached hydrogens (tertiary/aromatic N) is 3. The van der Waals surface area contributed by atoms with Crippen molar-refractivity contribution >= 4 is 34.0 Å². The minimum absolute atomic E-state index is 0.129. The molecule has 0 aliphatic heterocycles. The van der Waals surface area contributed by atoms with E-state index in [0.717, 1.165) is 22.4 Å². The predicted octanol–water partition coefficient (Wildman–Crippen LogP) is 5.21. The van der Waals surface area contributed by atoms with Crippen LogP contribution in [0.3, 0.4) is 0 Å². The Bertz CT molecular complexity index is 1350. The van der Waals surface area contributed by atoms with Gasteiger partial charge in [0.2, 0.25) is 0 Å². The van der Waals surface area contributed by atoms with E-state index in [9.17, 15) is 14.3 Å². The third kappa shape index (κ3) is 4.67. The minimum atomic E-state index is -1.04. The van der Waals surface area contributed by atoms with Gasteiger partial charge in [0.1, 0.15) is 29.5 Å². The molecule has 0 radical (unpaired) electrons. The molecule has 10 heteroatoms. The van der Waals surface area contributed by atoms with Crippen LogP contribution in [-0.2, 0) is 6.54 Å². The normalized spacial score (nSPS) is 11.2. The highest BCUT2D eigenvalue weighted by Crippen LogP contribution is 2.36. The molecule has 1 aromatic carbocycles. The number of carbonyl (C=O) groups is 1. The summed E-state index contributed by atoms with van der Waals surface area (Å²) < 4.78 is 27.5. The number of aromatic carboxylic acids is 1. The van der Waals surface area contributed by atoms with E-state index >= 15 is 0 Å². The second kappa shape index (κ2) is 9.68. The summed E-state index contributed by atoms with van der Waals surface area (Å²) in [6, 6.07) is 8.38. The second-order valence-electron chi connectivity index (χ2n) is 7.94. The van der Waals surface area contributed by atoms with E-state index < -0.39 is 5.97 Å². The Balaban J connectivity index is 1.53. The average Bonchev–Trinajstić information content (AvgIpc) is 3.36. The average molecular weight is 485 g/mol. The summed E-state index contributed by atoms with van der Waals surface area (Å²) in [5.74, 6) is 0.179. The van der Waals surface area contributed by atoms with Gasteiger partial charge in [0.15, 0.2) is 4.88 Å². The van der Waals surface area contributed by atoms with Gasteiger partial charge in [-0.05, 0) is 39.0 Å². The van der Waals surface area contributed by atoms with Crippen LogP contribution in [0.5, 0.6) is 11.5 Å². The van der Waals surface area contributed by atoms with Crippen molar-refractivity contribution in [2.75, 3.05) is 19.0 Å². The third-order valence-corrected chi connectivity index (χ3v) is 6.34. The Morgan fingerprint density at radius 1 is 1.24 bits per heavy atom. The maximum absolute atomic E-state index is 14.6. The number of fused-ring (bicyclic) bond motifs is 1. The Kier molecular flexibility index (Phi) is 6.69. The molecule has 3 heterocycles. The Labute approximate surface area is 200 Å². The first-order valence-electron chi connectivity index (χ1n) is 10.7. The van der Waals surface area contributed by atoms with Crippen molar-refractivity contribution in [2.45, 2.75) is 33.4 Å². The standard InChI is InChI=1S/C24H25FN4O4S/c1-13(2)33-19-11-20(34-23(19)24(30)31)17-10-21(28-12-27-17)26-7-8-29-14(3)9-15-18(32-4)6-5-16(25)22(15)29/h5-6,9-13H,7-8H2,1-4H3,(H,30,31)(H,26,27,28). The molecule has 8 nitrogen and oxygen atoms in total. The minimum Gasteiger partial charge on any atom is -0.496 e. The van der Waals surface area contributed by atoms with Gasteiger partial charge in [0.05, 0.1) is 29.3 Å². The van der Waals surface area contributed by atoms with Crippen LogP contribution >= 0.6 is 11.3 Å². The summed E-state index contributed by atoms with van der Waals surface area (Å²) in [6.45, 7) is 6.60. The van der Waals surface area contributed by atoms with Crippen LogP contribution < -0.4 is 14.8 Å². The van der Waals surface area contributed by atoms with Crippen molar-refractivity contribution in [3.63, 3.8) is 0 Å². The van der Waals surface area contributed by atoms with Crippen molar-refractivity contribution in [2.24, 2.45) is 0 Å². The van der Waals surface area contributed by atoms with Crippen molar-refractivity contribution in [3.8, 4) is 22.1 Å². The van der Waals surface area contributed by atoms with Gasteiger partial charge in [-0.1, -0.05) is 0 Å². The quantitative estimate of drug-likeness (QED) is 0.336. The summed E-state index contributed by atoms with van der Waals surface area (Å²) in [5, 5.41) is 13.5. The summed E-state index contributed by atoms with van der Waals surface area (Å²) in [5.41, 5.74) is 2.00. The number of hydrogen-bond donors (Lipinski definition) is 2. The number of benzene rings is 1. The van der Waals surface area contributed by atoms with E-state index in [1.54, 1.807) is 25.3 Å². The lowest BCUT2D eigenvalue weighted by Crippen LogP contribution is -2.12. The van der Waals surface area contributed by atoms with Crippen LogP contribution in [0, 0.1) is 12.7 Å². The molecule has 0 saturated carbocycles. The number of carboxylic acids is 1. The lowest BCUT2D eigenvalue weighted by molar-refractivity contribution is 0.0696. The molecular formula is C24H25FN4O4S. The maximum atomic E-state index is 14.6. The molecule has 0 atom stereocenters. The maximum Gasteiger partial charge on any atom is 0.349 e. The lowest BCUT2D eigenvalue weighted by Gasteiger charge is -2.11. The monoisotopic (exact) mass is 484 g/mol. The van der Waals surface area contributed by atoms with Gasteiger partial charge in [-0.25, -0.2) is 19.2 Å². The lowest BCUT2D eigenvalue weighted by atomic mass is 10.2. The van der Waals surface area contributed by atoms with Crippen LogP contribution in [-0.4, -0.2) is 45.4 Å². The molecule has 0 aliphatic rings. The highest BCUT2D eigenvalue weighted by Gasteiger charge is 2.20. The van der Waals surface area contributed by atoms with Crippen LogP contribution in [0.2, 0.25) is 0 Å². The smallest absolute Gasteiger partial charge is 0.349 e. The van der Waals surface area contributed by atoms with E-state index in [4.69, 9.17) is 9.47 Å². The number of rotatable bonds is 9. The Morgan fingerprint density at radius 3 is 2.74 bits per heavy atom. The number of thiophene rings is 1. The molecule has 178 valence electrons. The van der Waals surface area contributed by atoms with Gasteiger partial charge in [-0.2, -0.15) is 0 Å². The number of hydrogen-bond acceptors (Lipinski definition) is 7. The van der Waals surface area contributed by atoms with Gasteiger partial charge >= 0.3 is 5.97 Å². The summed E-state index contributed by atoms with van der Waals surface area (Å²) in [4.78, 5) is 20.9. The van der Waals surface area contributed by atoms with Crippen LogP contribution in [0.15, 0.2) is 36.7 Å². The fraction of sp³-hybridized carbons (Fsp3) is 0.292. The topological polar surface area (TPSA) is 98.5 Å². The SMILES string of the molecule is COc1ccc(F)c2c1cc(C)n2CCNc1cc(-c2cc(OC(C)C)c(C(=O)O)s2)ncn1.